The van der Waals surface area contributed by atoms with Crippen LogP contribution in [0.1, 0.15) is 12.5 Å². The van der Waals surface area contributed by atoms with Crippen molar-refractivity contribution in [3.8, 4) is 17.2 Å². The maximum atomic E-state index is 12.0. The molecule has 1 fully saturated rings. The van der Waals surface area contributed by atoms with E-state index in [0.717, 1.165) is 12.1 Å². The van der Waals surface area contributed by atoms with Crippen molar-refractivity contribution < 1.29 is 28.9 Å². The number of methoxy groups -OCH3 is 1. The number of carbonyl (C=O) groups is 2. The van der Waals surface area contributed by atoms with E-state index in [1.807, 2.05) is 0 Å². The first-order valence-electron chi connectivity index (χ1n) is 8.54. The van der Waals surface area contributed by atoms with Gasteiger partial charge in [-0.25, -0.2) is 4.79 Å². The van der Waals surface area contributed by atoms with Crippen LogP contribution in [0.2, 0.25) is 0 Å². The number of nitro benzene ring substituents is 2. The molecule has 30 heavy (non-hydrogen) atoms. The molecule has 0 aromatic heterocycles. The number of benzene rings is 2. The van der Waals surface area contributed by atoms with Gasteiger partial charge in [-0.05, 0) is 36.8 Å². The lowest BCUT2D eigenvalue weighted by atomic mass is 9.92. The number of hydrogen-bond donors (Lipinski definition) is 2. The van der Waals surface area contributed by atoms with Gasteiger partial charge in [0.25, 0.3) is 11.7 Å². The van der Waals surface area contributed by atoms with Gasteiger partial charge in [-0.1, -0.05) is 0 Å². The van der Waals surface area contributed by atoms with Crippen LogP contribution in [0, 0.1) is 20.2 Å². The topological polar surface area (TPSA) is 163 Å². The van der Waals surface area contributed by atoms with Gasteiger partial charge in [-0.2, -0.15) is 0 Å². The minimum atomic E-state index is -1.41. The molecule has 3 amide bonds. The van der Waals surface area contributed by atoms with Crippen molar-refractivity contribution >= 4 is 23.3 Å². The summed E-state index contributed by atoms with van der Waals surface area (Å²) in [5, 5.41) is 27.7. The second-order valence-electron chi connectivity index (χ2n) is 6.67. The third kappa shape index (κ3) is 3.97. The van der Waals surface area contributed by atoms with E-state index in [9.17, 15) is 29.8 Å². The first-order chi connectivity index (χ1) is 14.1. The molecule has 2 aromatic rings. The Bertz CT molecular complexity index is 1020. The van der Waals surface area contributed by atoms with Gasteiger partial charge < -0.3 is 14.8 Å². The van der Waals surface area contributed by atoms with Crippen LogP contribution in [0.3, 0.4) is 0 Å². The van der Waals surface area contributed by atoms with Crippen molar-refractivity contribution in [2.45, 2.75) is 18.9 Å². The smallest absolute Gasteiger partial charge is 0.322 e. The zero-order valence-corrected chi connectivity index (χ0v) is 15.8. The van der Waals surface area contributed by atoms with Crippen LogP contribution in [0.15, 0.2) is 36.4 Å². The molecule has 1 atom stereocenters. The van der Waals surface area contributed by atoms with Crippen LogP contribution in [-0.4, -0.2) is 34.4 Å². The van der Waals surface area contributed by atoms with Crippen LogP contribution in [0.4, 0.5) is 16.2 Å². The fraction of sp³-hybridized carbons (Fsp3) is 0.222. The average molecular weight is 416 g/mol. The van der Waals surface area contributed by atoms with Gasteiger partial charge in [0, 0.05) is 18.6 Å². The molecule has 0 bridgehead atoms. The van der Waals surface area contributed by atoms with Crippen LogP contribution < -0.4 is 20.1 Å². The van der Waals surface area contributed by atoms with Crippen LogP contribution in [0.25, 0.3) is 0 Å². The van der Waals surface area contributed by atoms with Crippen molar-refractivity contribution in [1.82, 2.24) is 10.6 Å². The second kappa shape index (κ2) is 7.66. The molecular weight excluding hydrogens is 400 g/mol. The van der Waals surface area contributed by atoms with E-state index >= 15 is 0 Å². The Kier molecular flexibility index (Phi) is 5.24. The first-order valence-corrected chi connectivity index (χ1v) is 8.54. The number of urea groups is 1. The Morgan fingerprint density at radius 3 is 1.97 bits per heavy atom. The maximum Gasteiger partial charge on any atom is 0.322 e. The standard InChI is InChI=1S/C18H16N4O8/c1-18(16(23)19-17(24)20-18)9-10-7-13(21(25)26)15(14(8-10)22(27)28)30-12-5-3-11(29-2)4-6-12/h3-8H,9H2,1-2H3,(H2,19,20,23,24). The van der Waals surface area contributed by atoms with Crippen LogP contribution >= 0.6 is 0 Å². The van der Waals surface area contributed by atoms with E-state index in [1.165, 1.54) is 38.3 Å². The molecule has 0 aliphatic carbocycles. The fourth-order valence-electron chi connectivity index (χ4n) is 3.01. The van der Waals surface area contributed by atoms with E-state index in [2.05, 4.69) is 10.6 Å². The number of nitrogens with one attached hydrogen (secondary N) is 2. The highest BCUT2D eigenvalue weighted by atomic mass is 16.6. The summed E-state index contributed by atoms with van der Waals surface area (Å²) in [5.41, 5.74) is -2.60. The highest BCUT2D eigenvalue weighted by Gasteiger charge is 2.43. The summed E-state index contributed by atoms with van der Waals surface area (Å²) >= 11 is 0. The maximum absolute atomic E-state index is 12.0. The van der Waals surface area contributed by atoms with E-state index in [0.29, 0.717) is 5.75 Å². The first kappa shape index (κ1) is 20.5. The summed E-state index contributed by atoms with van der Waals surface area (Å²) < 4.78 is 10.5. The highest BCUT2D eigenvalue weighted by Crippen LogP contribution is 2.41. The Labute approximate surface area is 169 Å². The number of ether oxygens (including phenoxy) is 2. The lowest BCUT2D eigenvalue weighted by molar-refractivity contribution is -0.395. The summed E-state index contributed by atoms with van der Waals surface area (Å²) in [6.07, 6.45) is -0.199. The molecule has 12 heteroatoms. The van der Waals surface area contributed by atoms with Gasteiger partial charge in [0.15, 0.2) is 0 Å². The van der Waals surface area contributed by atoms with E-state index in [1.54, 1.807) is 0 Å². The third-order valence-electron chi connectivity index (χ3n) is 4.46. The lowest BCUT2D eigenvalue weighted by Gasteiger charge is -2.20. The van der Waals surface area contributed by atoms with Gasteiger partial charge >= 0.3 is 17.4 Å². The second-order valence-corrected chi connectivity index (χ2v) is 6.67. The van der Waals surface area contributed by atoms with Crippen LogP contribution in [0.5, 0.6) is 17.2 Å². The molecule has 1 aliphatic rings. The molecule has 3 rings (SSSR count). The van der Waals surface area contributed by atoms with Crippen molar-refractivity contribution in [3.63, 3.8) is 0 Å². The van der Waals surface area contributed by atoms with Gasteiger partial charge in [-0.15, -0.1) is 0 Å². The van der Waals surface area contributed by atoms with Crippen molar-refractivity contribution in [1.29, 1.82) is 0 Å². The van der Waals surface area contributed by atoms with E-state index < -0.39 is 44.4 Å². The fourth-order valence-corrected chi connectivity index (χ4v) is 3.01. The molecule has 0 saturated carbocycles. The number of nitro groups is 2. The van der Waals surface area contributed by atoms with Crippen molar-refractivity contribution in [3.05, 3.63) is 62.2 Å². The minimum Gasteiger partial charge on any atom is -0.497 e. The number of amides is 3. The zero-order chi connectivity index (χ0) is 22.1. The van der Waals surface area contributed by atoms with Crippen LogP contribution in [-0.2, 0) is 11.2 Å². The summed E-state index contributed by atoms with van der Waals surface area (Å²) in [6.45, 7) is 1.41. The number of nitrogens with zero attached hydrogens (tertiary/aromatic N) is 2. The number of hydrogen-bond acceptors (Lipinski definition) is 8. The monoisotopic (exact) mass is 416 g/mol. The Morgan fingerprint density at radius 1 is 1.00 bits per heavy atom. The molecule has 1 heterocycles. The van der Waals surface area contributed by atoms with Gasteiger partial charge in [0.05, 0.1) is 17.0 Å². The summed E-state index contributed by atoms with van der Waals surface area (Å²) in [5.74, 6) is -0.559. The highest BCUT2D eigenvalue weighted by molar-refractivity contribution is 6.06. The number of rotatable bonds is 7. The third-order valence-corrected chi connectivity index (χ3v) is 4.46. The number of imide groups is 1. The molecule has 1 unspecified atom stereocenters. The van der Waals surface area contributed by atoms with E-state index in [4.69, 9.17) is 9.47 Å². The molecule has 1 aliphatic heterocycles. The molecule has 0 radical (unpaired) electrons. The SMILES string of the molecule is COc1ccc(Oc2c([N+](=O)[O-])cc(CC3(C)NC(=O)NC3=O)cc2[N+](=O)[O-])cc1. The molecule has 12 nitrogen and oxygen atoms in total. The molecule has 156 valence electrons. The molecular formula is C18H16N4O8. The molecule has 1 saturated heterocycles. The molecule has 2 N–H and O–H groups in total. The minimum absolute atomic E-state index is 0.107. The van der Waals surface area contributed by atoms with Gasteiger partial charge in [0.2, 0.25) is 0 Å². The lowest BCUT2D eigenvalue weighted by Crippen LogP contribution is -2.45. The predicted octanol–water partition coefficient (Wildman–Crippen LogP) is 2.44. The number of carbonyl (C=O) groups excluding carboxylic acids is 2. The van der Waals surface area contributed by atoms with Gasteiger partial charge in [-0.3, -0.25) is 30.3 Å². The Balaban J connectivity index is 2.04. The average Bonchev–Trinajstić information content (AvgIpc) is 2.94. The van der Waals surface area contributed by atoms with Gasteiger partial charge in [0.1, 0.15) is 17.0 Å². The van der Waals surface area contributed by atoms with E-state index in [-0.39, 0.29) is 17.7 Å². The molecule has 2 aromatic carbocycles. The largest absolute Gasteiger partial charge is 0.497 e. The summed E-state index contributed by atoms with van der Waals surface area (Å²) in [4.78, 5) is 45.0. The zero-order valence-electron chi connectivity index (χ0n) is 15.8. The predicted molar refractivity (Wildman–Crippen MR) is 102 cm³/mol. The Morgan fingerprint density at radius 2 is 1.53 bits per heavy atom. The quantitative estimate of drug-likeness (QED) is 0.395. The van der Waals surface area contributed by atoms with Crippen molar-refractivity contribution in [2.24, 2.45) is 0 Å². The molecule has 0 spiro atoms. The normalized spacial score (nSPS) is 17.8. The van der Waals surface area contributed by atoms with Crippen molar-refractivity contribution in [2.75, 3.05) is 7.11 Å². The summed E-state index contributed by atoms with van der Waals surface area (Å²) in [6, 6.07) is 7.39. The summed E-state index contributed by atoms with van der Waals surface area (Å²) in [7, 11) is 1.46. The Hall–Kier alpha value is -4.22.